The number of carbonyl (C=O) groups excluding carboxylic acids is 1. The molecule has 2 N–H and O–H groups in total. The summed E-state index contributed by atoms with van der Waals surface area (Å²) in [5.41, 5.74) is 3.01. The molecule has 0 aliphatic carbocycles. The van der Waals surface area contributed by atoms with Gasteiger partial charge in [-0.05, 0) is 32.4 Å². The maximum atomic E-state index is 12.0. The fraction of sp³-hybridized carbons (Fsp3) is 0.286. The number of hydrogen-bond donors (Lipinski definition) is 2. The van der Waals surface area contributed by atoms with Crippen LogP contribution in [0.4, 0.5) is 10.8 Å². The minimum Gasteiger partial charge on any atom is -0.374 e. The predicted octanol–water partition coefficient (Wildman–Crippen LogP) is 3.20. The van der Waals surface area contributed by atoms with Crippen LogP contribution in [0, 0.1) is 13.8 Å². The molecule has 1 atom stereocenters. The largest absolute Gasteiger partial charge is 0.374 e. The van der Waals surface area contributed by atoms with Gasteiger partial charge in [0.25, 0.3) is 0 Å². The number of rotatable bonds is 4. The molecule has 1 heterocycles. The van der Waals surface area contributed by atoms with Crippen molar-refractivity contribution in [3.8, 4) is 0 Å². The molecule has 1 aromatic heterocycles. The predicted molar refractivity (Wildman–Crippen MR) is 79.7 cm³/mol. The summed E-state index contributed by atoms with van der Waals surface area (Å²) in [4.78, 5) is 16.2. The fourth-order valence-corrected chi connectivity index (χ4v) is 2.35. The summed E-state index contributed by atoms with van der Waals surface area (Å²) in [6.45, 7) is 5.75. The molecule has 0 radical (unpaired) electrons. The Hall–Kier alpha value is -1.88. The molecule has 0 unspecified atom stereocenters. The van der Waals surface area contributed by atoms with Crippen molar-refractivity contribution >= 4 is 28.1 Å². The van der Waals surface area contributed by atoms with Crippen LogP contribution in [0.2, 0.25) is 0 Å². The third-order valence-electron chi connectivity index (χ3n) is 2.76. The van der Waals surface area contributed by atoms with Crippen molar-refractivity contribution in [3.63, 3.8) is 0 Å². The van der Waals surface area contributed by atoms with Crippen molar-refractivity contribution in [2.45, 2.75) is 26.8 Å². The number of aryl methyl sites for hydroxylation is 2. The maximum Gasteiger partial charge on any atom is 0.248 e. The summed E-state index contributed by atoms with van der Waals surface area (Å²) < 4.78 is 0. The van der Waals surface area contributed by atoms with Crippen LogP contribution in [0.5, 0.6) is 0 Å². The highest BCUT2D eigenvalue weighted by Gasteiger charge is 2.14. The summed E-state index contributed by atoms with van der Waals surface area (Å²) in [6, 6.07) is 7.59. The van der Waals surface area contributed by atoms with Crippen LogP contribution >= 0.6 is 11.3 Å². The Morgan fingerprint density at radius 2 is 2.05 bits per heavy atom. The van der Waals surface area contributed by atoms with Crippen molar-refractivity contribution < 1.29 is 4.79 Å². The van der Waals surface area contributed by atoms with Crippen molar-refractivity contribution in [1.82, 2.24) is 4.98 Å². The van der Waals surface area contributed by atoms with E-state index in [1.54, 1.807) is 0 Å². The average molecular weight is 275 g/mol. The molecule has 0 bridgehead atoms. The minimum absolute atomic E-state index is 0.0856. The summed E-state index contributed by atoms with van der Waals surface area (Å²) in [7, 11) is 0. The number of hydrogen-bond acceptors (Lipinski definition) is 4. The van der Waals surface area contributed by atoms with Gasteiger partial charge in [-0.15, -0.1) is 11.3 Å². The molecule has 0 saturated heterocycles. The SMILES string of the molecule is Cc1csc(NC(=O)[C@@H](C)Nc2ccccc2C)n1. The van der Waals surface area contributed by atoms with E-state index in [4.69, 9.17) is 0 Å². The molecule has 1 amide bonds. The van der Waals surface area contributed by atoms with Crippen molar-refractivity contribution in [2.75, 3.05) is 10.6 Å². The quantitative estimate of drug-likeness (QED) is 0.901. The summed E-state index contributed by atoms with van der Waals surface area (Å²) >= 11 is 1.43. The van der Waals surface area contributed by atoms with E-state index in [0.29, 0.717) is 5.13 Å². The zero-order valence-corrected chi connectivity index (χ0v) is 12.0. The summed E-state index contributed by atoms with van der Waals surface area (Å²) in [5, 5.41) is 8.56. The van der Waals surface area contributed by atoms with E-state index in [9.17, 15) is 4.79 Å². The van der Waals surface area contributed by atoms with E-state index in [-0.39, 0.29) is 11.9 Å². The Kier molecular flexibility index (Phi) is 4.16. The van der Waals surface area contributed by atoms with Gasteiger partial charge < -0.3 is 10.6 Å². The molecule has 0 aliphatic heterocycles. The molecule has 4 nitrogen and oxygen atoms in total. The standard InChI is InChI=1S/C14H17N3OS/c1-9-6-4-5-7-12(9)16-11(3)13(18)17-14-15-10(2)8-19-14/h4-8,11,16H,1-3H3,(H,15,17,18)/t11-/m1/s1. The monoisotopic (exact) mass is 275 g/mol. The average Bonchev–Trinajstić information content (AvgIpc) is 2.77. The molecule has 5 heteroatoms. The molecular formula is C14H17N3OS. The van der Waals surface area contributed by atoms with Gasteiger partial charge in [-0.2, -0.15) is 0 Å². The second-order valence-electron chi connectivity index (χ2n) is 4.46. The lowest BCUT2D eigenvalue weighted by Crippen LogP contribution is -2.32. The topological polar surface area (TPSA) is 54.0 Å². The van der Waals surface area contributed by atoms with Gasteiger partial charge in [0.2, 0.25) is 5.91 Å². The number of nitrogens with one attached hydrogen (secondary N) is 2. The van der Waals surface area contributed by atoms with Gasteiger partial charge in [0.15, 0.2) is 5.13 Å². The van der Waals surface area contributed by atoms with Crippen LogP contribution in [0.3, 0.4) is 0 Å². The van der Waals surface area contributed by atoms with Crippen molar-refractivity contribution in [2.24, 2.45) is 0 Å². The third kappa shape index (κ3) is 3.54. The molecule has 0 saturated carbocycles. The third-order valence-corrected chi connectivity index (χ3v) is 3.64. The lowest BCUT2D eigenvalue weighted by molar-refractivity contribution is -0.116. The Morgan fingerprint density at radius 3 is 2.68 bits per heavy atom. The first-order chi connectivity index (χ1) is 9.06. The van der Waals surface area contributed by atoms with Crippen molar-refractivity contribution in [1.29, 1.82) is 0 Å². The first-order valence-electron chi connectivity index (χ1n) is 6.11. The van der Waals surface area contributed by atoms with Gasteiger partial charge in [0.1, 0.15) is 6.04 Å². The van der Waals surface area contributed by atoms with E-state index < -0.39 is 0 Å². The molecule has 2 rings (SSSR count). The smallest absolute Gasteiger partial charge is 0.248 e. The highest BCUT2D eigenvalue weighted by molar-refractivity contribution is 7.13. The molecule has 19 heavy (non-hydrogen) atoms. The Balaban J connectivity index is 1.98. The number of nitrogens with zero attached hydrogens (tertiary/aromatic N) is 1. The first-order valence-corrected chi connectivity index (χ1v) is 6.99. The number of carbonyl (C=O) groups is 1. The van der Waals surface area contributed by atoms with E-state index in [1.807, 2.05) is 50.4 Å². The molecule has 0 fully saturated rings. The van der Waals surface area contributed by atoms with Crippen molar-refractivity contribution in [3.05, 3.63) is 40.9 Å². The van der Waals surface area contributed by atoms with E-state index in [2.05, 4.69) is 15.6 Å². The van der Waals surface area contributed by atoms with Crippen LogP contribution in [-0.4, -0.2) is 16.9 Å². The molecular weight excluding hydrogens is 258 g/mol. The normalized spacial score (nSPS) is 11.9. The number of anilines is 2. The zero-order chi connectivity index (χ0) is 13.8. The molecule has 100 valence electrons. The summed E-state index contributed by atoms with van der Waals surface area (Å²) in [6.07, 6.45) is 0. The van der Waals surface area contributed by atoms with E-state index in [0.717, 1.165) is 16.9 Å². The van der Waals surface area contributed by atoms with Crippen LogP contribution in [0.15, 0.2) is 29.6 Å². The van der Waals surface area contributed by atoms with Gasteiger partial charge >= 0.3 is 0 Å². The molecule has 1 aromatic carbocycles. The number of benzene rings is 1. The highest BCUT2D eigenvalue weighted by Crippen LogP contribution is 2.17. The number of thiazole rings is 1. The van der Waals surface area contributed by atoms with Gasteiger partial charge in [0.05, 0.1) is 5.69 Å². The number of aromatic nitrogens is 1. The van der Waals surface area contributed by atoms with Crippen LogP contribution in [-0.2, 0) is 4.79 Å². The van der Waals surface area contributed by atoms with Gasteiger partial charge in [-0.25, -0.2) is 4.98 Å². The van der Waals surface area contributed by atoms with E-state index in [1.165, 1.54) is 11.3 Å². The summed E-state index contributed by atoms with van der Waals surface area (Å²) in [5.74, 6) is -0.0856. The molecule has 0 aliphatic rings. The Morgan fingerprint density at radius 1 is 1.32 bits per heavy atom. The Bertz CT molecular complexity index is 580. The first kappa shape index (κ1) is 13.5. The maximum absolute atomic E-state index is 12.0. The van der Waals surface area contributed by atoms with E-state index >= 15 is 0 Å². The lowest BCUT2D eigenvalue weighted by atomic mass is 10.2. The second-order valence-corrected chi connectivity index (χ2v) is 5.32. The van der Waals surface area contributed by atoms with Gasteiger partial charge in [0, 0.05) is 11.1 Å². The zero-order valence-electron chi connectivity index (χ0n) is 11.2. The second kappa shape index (κ2) is 5.84. The fourth-order valence-electron chi connectivity index (χ4n) is 1.66. The van der Waals surface area contributed by atoms with Crippen LogP contribution in [0.1, 0.15) is 18.2 Å². The number of para-hydroxylation sites is 1. The highest BCUT2D eigenvalue weighted by atomic mass is 32.1. The lowest BCUT2D eigenvalue weighted by Gasteiger charge is -2.15. The van der Waals surface area contributed by atoms with Crippen LogP contribution in [0.25, 0.3) is 0 Å². The number of amides is 1. The van der Waals surface area contributed by atoms with Gasteiger partial charge in [-0.1, -0.05) is 18.2 Å². The molecule has 2 aromatic rings. The Labute approximate surface area is 116 Å². The van der Waals surface area contributed by atoms with Crippen LogP contribution < -0.4 is 10.6 Å². The van der Waals surface area contributed by atoms with Gasteiger partial charge in [-0.3, -0.25) is 4.79 Å². The molecule has 0 spiro atoms. The minimum atomic E-state index is -0.315.